The molecule has 9 heteroatoms. The second kappa shape index (κ2) is 9.36. The molecule has 124 valence electrons. The largest absolute Gasteiger partial charge is 0.353 e. The summed E-state index contributed by atoms with van der Waals surface area (Å²) in [5.41, 5.74) is 5.70. The Morgan fingerprint density at radius 2 is 2.14 bits per heavy atom. The van der Waals surface area contributed by atoms with Gasteiger partial charge in [0, 0.05) is 18.1 Å². The van der Waals surface area contributed by atoms with Gasteiger partial charge in [0.15, 0.2) is 0 Å². The van der Waals surface area contributed by atoms with Crippen molar-refractivity contribution in [2.45, 2.75) is 17.4 Å². The highest BCUT2D eigenvalue weighted by Gasteiger charge is 2.15. The Labute approximate surface area is 140 Å². The van der Waals surface area contributed by atoms with Crippen LogP contribution < -0.4 is 15.8 Å². The Kier molecular flexibility index (Phi) is 8.19. The van der Waals surface area contributed by atoms with Crippen LogP contribution in [0.15, 0.2) is 29.2 Å². The lowest BCUT2D eigenvalue weighted by molar-refractivity contribution is -0.122. The van der Waals surface area contributed by atoms with E-state index in [0.29, 0.717) is 11.4 Å². The van der Waals surface area contributed by atoms with Gasteiger partial charge in [0.2, 0.25) is 15.9 Å². The van der Waals surface area contributed by atoms with Crippen LogP contribution in [0, 0.1) is 0 Å². The summed E-state index contributed by atoms with van der Waals surface area (Å²) in [7, 11) is -3.64. The van der Waals surface area contributed by atoms with Crippen molar-refractivity contribution in [1.82, 2.24) is 10.0 Å². The fraction of sp³-hybridized carbons (Fsp3) is 0.462. The number of carbonyl (C=O) groups is 1. The molecule has 0 bridgehead atoms. The molecule has 0 aromatic heterocycles. The van der Waals surface area contributed by atoms with Crippen molar-refractivity contribution >= 4 is 39.3 Å². The van der Waals surface area contributed by atoms with Crippen LogP contribution >= 0.6 is 23.4 Å². The van der Waals surface area contributed by atoms with E-state index in [2.05, 4.69) is 10.0 Å². The maximum Gasteiger partial charge on any atom is 0.240 e. The second-order valence-electron chi connectivity index (χ2n) is 4.53. The van der Waals surface area contributed by atoms with Gasteiger partial charge in [-0.15, -0.1) is 0 Å². The average Bonchev–Trinajstić information content (AvgIpc) is 2.49. The number of nitrogens with two attached hydrogens (primary N) is 1. The summed E-state index contributed by atoms with van der Waals surface area (Å²) < 4.78 is 26.4. The fourth-order valence-electron chi connectivity index (χ4n) is 1.60. The summed E-state index contributed by atoms with van der Waals surface area (Å²) >= 11 is 7.38. The SMILES string of the molecule is CSCC[C@H](N)C(=O)NCCNS(=O)(=O)c1cccc(Cl)c1. The Morgan fingerprint density at radius 1 is 1.41 bits per heavy atom. The van der Waals surface area contributed by atoms with Crippen LogP contribution in [0.1, 0.15) is 6.42 Å². The van der Waals surface area contributed by atoms with Gasteiger partial charge in [-0.1, -0.05) is 17.7 Å². The summed E-state index contributed by atoms with van der Waals surface area (Å²) in [6.45, 7) is 0.251. The van der Waals surface area contributed by atoms with Crippen molar-refractivity contribution in [2.24, 2.45) is 5.73 Å². The van der Waals surface area contributed by atoms with Gasteiger partial charge < -0.3 is 11.1 Å². The second-order valence-corrected chi connectivity index (χ2v) is 7.72. The summed E-state index contributed by atoms with van der Waals surface area (Å²) in [5, 5.41) is 2.94. The third kappa shape index (κ3) is 6.53. The Morgan fingerprint density at radius 3 is 2.77 bits per heavy atom. The first-order chi connectivity index (χ1) is 10.4. The minimum Gasteiger partial charge on any atom is -0.353 e. The number of hydrogen-bond acceptors (Lipinski definition) is 5. The zero-order valence-corrected chi connectivity index (χ0v) is 14.6. The quantitative estimate of drug-likeness (QED) is 0.562. The normalized spacial score (nSPS) is 12.9. The van der Waals surface area contributed by atoms with Crippen molar-refractivity contribution in [3.63, 3.8) is 0 Å². The van der Waals surface area contributed by atoms with Gasteiger partial charge in [0.25, 0.3) is 0 Å². The average molecular weight is 366 g/mol. The molecule has 22 heavy (non-hydrogen) atoms. The summed E-state index contributed by atoms with van der Waals surface area (Å²) in [4.78, 5) is 11.7. The number of rotatable bonds is 9. The van der Waals surface area contributed by atoms with E-state index in [1.165, 1.54) is 12.1 Å². The van der Waals surface area contributed by atoms with Crippen LogP contribution in [0.2, 0.25) is 5.02 Å². The lowest BCUT2D eigenvalue weighted by Crippen LogP contribution is -2.43. The monoisotopic (exact) mass is 365 g/mol. The van der Waals surface area contributed by atoms with E-state index in [1.807, 2.05) is 6.26 Å². The molecule has 1 aromatic rings. The predicted octanol–water partition coefficient (Wildman–Crippen LogP) is 0.815. The maximum absolute atomic E-state index is 12.0. The van der Waals surface area contributed by atoms with Crippen molar-refractivity contribution in [2.75, 3.05) is 25.1 Å². The molecular formula is C13H20ClN3O3S2. The molecule has 0 spiro atoms. The van der Waals surface area contributed by atoms with Crippen LogP contribution in [0.4, 0.5) is 0 Å². The van der Waals surface area contributed by atoms with E-state index >= 15 is 0 Å². The van der Waals surface area contributed by atoms with E-state index in [1.54, 1.807) is 23.9 Å². The highest BCUT2D eigenvalue weighted by atomic mass is 35.5. The molecule has 0 aliphatic heterocycles. The Balaban J connectivity index is 2.39. The van der Waals surface area contributed by atoms with Gasteiger partial charge >= 0.3 is 0 Å². The van der Waals surface area contributed by atoms with E-state index in [0.717, 1.165) is 5.75 Å². The standard InChI is InChI=1S/C13H20ClN3O3S2/c1-21-8-5-12(15)13(18)16-6-7-17-22(19,20)11-4-2-3-10(14)9-11/h2-4,9,12,17H,5-8,15H2,1H3,(H,16,18)/t12-/m0/s1. The molecule has 0 saturated carbocycles. The molecule has 0 aliphatic rings. The third-order valence-electron chi connectivity index (χ3n) is 2.79. The highest BCUT2D eigenvalue weighted by Crippen LogP contribution is 2.14. The number of carbonyl (C=O) groups excluding carboxylic acids is 1. The summed E-state index contributed by atoms with van der Waals surface area (Å²) in [6.07, 6.45) is 2.52. The number of amides is 1. The molecule has 0 radical (unpaired) electrons. The number of hydrogen-bond donors (Lipinski definition) is 3. The zero-order chi connectivity index (χ0) is 16.6. The van der Waals surface area contributed by atoms with E-state index in [-0.39, 0.29) is 23.9 Å². The van der Waals surface area contributed by atoms with Crippen molar-refractivity contribution in [3.8, 4) is 0 Å². The van der Waals surface area contributed by atoms with Crippen LogP contribution in [0.3, 0.4) is 0 Å². The van der Waals surface area contributed by atoms with Gasteiger partial charge in [0.05, 0.1) is 10.9 Å². The van der Waals surface area contributed by atoms with Gasteiger partial charge in [-0.3, -0.25) is 4.79 Å². The topological polar surface area (TPSA) is 101 Å². The predicted molar refractivity (Wildman–Crippen MR) is 90.6 cm³/mol. The van der Waals surface area contributed by atoms with Crippen LogP contribution in [0.5, 0.6) is 0 Å². The van der Waals surface area contributed by atoms with Crippen molar-refractivity contribution in [3.05, 3.63) is 29.3 Å². The molecule has 0 heterocycles. The molecule has 1 amide bonds. The molecule has 0 fully saturated rings. The molecular weight excluding hydrogens is 346 g/mol. The number of thioether (sulfide) groups is 1. The molecule has 1 aromatic carbocycles. The maximum atomic E-state index is 12.0. The van der Waals surface area contributed by atoms with E-state index in [4.69, 9.17) is 17.3 Å². The molecule has 4 N–H and O–H groups in total. The zero-order valence-electron chi connectivity index (χ0n) is 12.2. The lowest BCUT2D eigenvalue weighted by Gasteiger charge is -2.12. The number of benzene rings is 1. The Hall–Kier alpha value is -0.800. The number of sulfonamides is 1. The minimum atomic E-state index is -3.64. The van der Waals surface area contributed by atoms with Gasteiger partial charge in [0.1, 0.15) is 0 Å². The first-order valence-corrected chi connectivity index (χ1v) is 9.90. The molecule has 1 atom stereocenters. The van der Waals surface area contributed by atoms with Crippen molar-refractivity contribution < 1.29 is 13.2 Å². The third-order valence-corrected chi connectivity index (χ3v) is 5.13. The minimum absolute atomic E-state index is 0.0792. The molecule has 0 aliphatic carbocycles. The van der Waals surface area contributed by atoms with Gasteiger partial charge in [-0.2, -0.15) is 11.8 Å². The van der Waals surface area contributed by atoms with Gasteiger partial charge in [-0.25, -0.2) is 13.1 Å². The lowest BCUT2D eigenvalue weighted by atomic mass is 10.2. The first kappa shape index (κ1) is 19.2. The molecule has 6 nitrogen and oxygen atoms in total. The number of nitrogens with one attached hydrogen (secondary N) is 2. The van der Waals surface area contributed by atoms with Gasteiger partial charge in [-0.05, 0) is 36.6 Å². The molecule has 0 unspecified atom stereocenters. The van der Waals surface area contributed by atoms with Crippen LogP contribution in [-0.2, 0) is 14.8 Å². The fourth-order valence-corrected chi connectivity index (χ4v) is 3.42. The van der Waals surface area contributed by atoms with E-state index in [9.17, 15) is 13.2 Å². The summed E-state index contributed by atoms with van der Waals surface area (Å²) in [6, 6.07) is 5.39. The van der Waals surface area contributed by atoms with Crippen molar-refractivity contribution in [1.29, 1.82) is 0 Å². The number of halogens is 1. The first-order valence-electron chi connectivity index (χ1n) is 6.64. The van der Waals surface area contributed by atoms with E-state index < -0.39 is 16.1 Å². The van der Waals surface area contributed by atoms with Crippen LogP contribution in [-0.4, -0.2) is 45.5 Å². The van der Waals surface area contributed by atoms with Crippen LogP contribution in [0.25, 0.3) is 0 Å². The summed E-state index contributed by atoms with van der Waals surface area (Å²) in [5.74, 6) is 0.520. The molecule has 1 rings (SSSR count). The molecule has 0 saturated heterocycles. The Bertz CT molecular complexity index is 596. The smallest absolute Gasteiger partial charge is 0.240 e. The highest BCUT2D eigenvalue weighted by molar-refractivity contribution is 7.98.